The highest BCUT2D eigenvalue weighted by molar-refractivity contribution is 14.0. The monoisotopic (exact) mass is 474 g/mol. The quantitative estimate of drug-likeness (QED) is 0.250. The molecular formula is C20H35IN4O. The summed E-state index contributed by atoms with van der Waals surface area (Å²) in [5, 5.41) is 6.96. The molecule has 2 rings (SSSR count). The SMILES string of the molecule is CCNC(=NCCCOCC)NC1CCN(Cc2ccccc2)CC1.I. The van der Waals surface area contributed by atoms with Crippen LogP contribution in [0, 0.1) is 0 Å². The Balaban J connectivity index is 0.00000338. The number of hydrogen-bond acceptors (Lipinski definition) is 3. The molecule has 1 heterocycles. The molecule has 0 spiro atoms. The first kappa shape index (κ1) is 23.2. The minimum absolute atomic E-state index is 0. The summed E-state index contributed by atoms with van der Waals surface area (Å²) in [5.41, 5.74) is 1.40. The smallest absolute Gasteiger partial charge is 0.191 e. The molecule has 1 aromatic carbocycles. The number of nitrogens with one attached hydrogen (secondary N) is 2. The van der Waals surface area contributed by atoms with E-state index < -0.39 is 0 Å². The minimum Gasteiger partial charge on any atom is -0.382 e. The van der Waals surface area contributed by atoms with Crippen LogP contribution in [0.5, 0.6) is 0 Å². The van der Waals surface area contributed by atoms with Crippen molar-refractivity contribution >= 4 is 29.9 Å². The molecule has 148 valence electrons. The van der Waals surface area contributed by atoms with Crippen molar-refractivity contribution in [2.24, 2.45) is 4.99 Å². The summed E-state index contributed by atoms with van der Waals surface area (Å²) < 4.78 is 5.37. The van der Waals surface area contributed by atoms with Crippen molar-refractivity contribution in [1.29, 1.82) is 0 Å². The molecule has 1 aromatic rings. The number of guanidine groups is 1. The van der Waals surface area contributed by atoms with Crippen molar-refractivity contribution in [3.63, 3.8) is 0 Å². The lowest BCUT2D eigenvalue weighted by molar-refractivity contribution is 0.146. The predicted octanol–water partition coefficient (Wildman–Crippen LogP) is 3.25. The van der Waals surface area contributed by atoms with Gasteiger partial charge in [0.05, 0.1) is 0 Å². The lowest BCUT2D eigenvalue weighted by Gasteiger charge is -2.33. The van der Waals surface area contributed by atoms with E-state index in [1.54, 1.807) is 0 Å². The average Bonchev–Trinajstić information content (AvgIpc) is 2.64. The topological polar surface area (TPSA) is 48.9 Å². The molecule has 0 unspecified atom stereocenters. The number of nitrogens with zero attached hydrogens (tertiary/aromatic N) is 2. The summed E-state index contributed by atoms with van der Waals surface area (Å²) >= 11 is 0. The highest BCUT2D eigenvalue weighted by atomic mass is 127. The summed E-state index contributed by atoms with van der Waals surface area (Å²) in [6.07, 6.45) is 3.30. The van der Waals surface area contributed by atoms with Crippen LogP contribution in [-0.2, 0) is 11.3 Å². The average molecular weight is 474 g/mol. The van der Waals surface area contributed by atoms with Gasteiger partial charge in [0.15, 0.2) is 5.96 Å². The van der Waals surface area contributed by atoms with Crippen molar-refractivity contribution in [1.82, 2.24) is 15.5 Å². The van der Waals surface area contributed by atoms with E-state index in [4.69, 9.17) is 4.74 Å². The van der Waals surface area contributed by atoms with E-state index in [9.17, 15) is 0 Å². The molecule has 1 fully saturated rings. The Morgan fingerprint density at radius 2 is 1.92 bits per heavy atom. The van der Waals surface area contributed by atoms with Gasteiger partial charge in [-0.05, 0) is 38.7 Å². The summed E-state index contributed by atoms with van der Waals surface area (Å²) in [4.78, 5) is 7.21. The Hall–Kier alpha value is -0.860. The third-order valence-corrected chi connectivity index (χ3v) is 4.44. The molecule has 0 aliphatic carbocycles. The lowest BCUT2D eigenvalue weighted by atomic mass is 10.0. The van der Waals surface area contributed by atoms with Crippen molar-refractivity contribution in [2.45, 2.75) is 45.7 Å². The van der Waals surface area contributed by atoms with Crippen LogP contribution in [0.15, 0.2) is 35.3 Å². The number of likely N-dealkylation sites (tertiary alicyclic amines) is 1. The van der Waals surface area contributed by atoms with Crippen LogP contribution in [0.3, 0.4) is 0 Å². The maximum atomic E-state index is 5.37. The molecule has 26 heavy (non-hydrogen) atoms. The Morgan fingerprint density at radius 3 is 2.58 bits per heavy atom. The lowest BCUT2D eigenvalue weighted by Crippen LogP contribution is -2.48. The molecule has 1 aliphatic rings. The van der Waals surface area contributed by atoms with Crippen molar-refractivity contribution in [3.8, 4) is 0 Å². The van der Waals surface area contributed by atoms with Gasteiger partial charge in [-0.1, -0.05) is 30.3 Å². The standard InChI is InChI=1S/C20H34N4O.HI/c1-3-21-20(22-13-8-16-25-4-2)23-19-11-14-24(15-12-19)17-18-9-6-5-7-10-18;/h5-7,9-10,19H,3-4,8,11-17H2,1-2H3,(H2,21,22,23);1H. The fourth-order valence-electron chi connectivity index (χ4n) is 3.09. The van der Waals surface area contributed by atoms with Crippen LogP contribution in [0.2, 0.25) is 0 Å². The molecule has 1 saturated heterocycles. The van der Waals surface area contributed by atoms with E-state index in [2.05, 4.69) is 57.8 Å². The third-order valence-electron chi connectivity index (χ3n) is 4.44. The van der Waals surface area contributed by atoms with Gasteiger partial charge >= 0.3 is 0 Å². The van der Waals surface area contributed by atoms with E-state index in [1.807, 2.05) is 6.92 Å². The summed E-state index contributed by atoms with van der Waals surface area (Å²) in [6.45, 7) is 10.7. The Morgan fingerprint density at radius 1 is 1.19 bits per heavy atom. The van der Waals surface area contributed by atoms with Gasteiger partial charge in [-0.15, -0.1) is 24.0 Å². The van der Waals surface area contributed by atoms with Crippen molar-refractivity contribution in [3.05, 3.63) is 35.9 Å². The fraction of sp³-hybridized carbons (Fsp3) is 0.650. The first-order chi connectivity index (χ1) is 12.3. The minimum atomic E-state index is 0. The number of aliphatic imine (C=N–C) groups is 1. The van der Waals surface area contributed by atoms with Crippen LogP contribution in [0.25, 0.3) is 0 Å². The van der Waals surface area contributed by atoms with Gasteiger partial charge in [0, 0.05) is 52.0 Å². The molecule has 6 heteroatoms. The van der Waals surface area contributed by atoms with Gasteiger partial charge in [-0.3, -0.25) is 9.89 Å². The first-order valence-electron chi connectivity index (χ1n) is 9.70. The van der Waals surface area contributed by atoms with Gasteiger partial charge in [0.1, 0.15) is 0 Å². The van der Waals surface area contributed by atoms with Gasteiger partial charge in [0.25, 0.3) is 0 Å². The zero-order chi connectivity index (χ0) is 17.7. The van der Waals surface area contributed by atoms with Crippen LogP contribution < -0.4 is 10.6 Å². The van der Waals surface area contributed by atoms with Gasteiger partial charge in [-0.2, -0.15) is 0 Å². The number of benzene rings is 1. The zero-order valence-corrected chi connectivity index (χ0v) is 18.6. The Labute approximate surface area is 176 Å². The molecule has 0 radical (unpaired) electrons. The molecule has 1 aliphatic heterocycles. The molecule has 0 saturated carbocycles. The number of halogens is 1. The summed E-state index contributed by atoms with van der Waals surface area (Å²) in [6, 6.07) is 11.3. The number of piperidine rings is 1. The number of rotatable bonds is 9. The molecule has 5 nitrogen and oxygen atoms in total. The van der Waals surface area contributed by atoms with E-state index >= 15 is 0 Å². The second-order valence-electron chi connectivity index (χ2n) is 6.49. The fourth-order valence-corrected chi connectivity index (χ4v) is 3.09. The molecular weight excluding hydrogens is 439 g/mol. The molecule has 0 aromatic heterocycles. The highest BCUT2D eigenvalue weighted by Crippen LogP contribution is 2.13. The Kier molecular flexibility index (Phi) is 12.7. The van der Waals surface area contributed by atoms with E-state index in [0.29, 0.717) is 6.04 Å². The first-order valence-corrected chi connectivity index (χ1v) is 9.70. The van der Waals surface area contributed by atoms with E-state index in [1.165, 1.54) is 5.56 Å². The van der Waals surface area contributed by atoms with Crippen molar-refractivity contribution < 1.29 is 4.74 Å². The molecule has 2 N–H and O–H groups in total. The van der Waals surface area contributed by atoms with Crippen molar-refractivity contribution in [2.75, 3.05) is 39.4 Å². The molecule has 0 atom stereocenters. The summed E-state index contributed by atoms with van der Waals surface area (Å²) in [5.74, 6) is 0.945. The zero-order valence-electron chi connectivity index (χ0n) is 16.2. The van der Waals surface area contributed by atoms with Crippen LogP contribution in [0.1, 0.15) is 38.7 Å². The predicted molar refractivity (Wildman–Crippen MR) is 120 cm³/mol. The molecule has 0 bridgehead atoms. The summed E-state index contributed by atoms with van der Waals surface area (Å²) in [7, 11) is 0. The second-order valence-corrected chi connectivity index (χ2v) is 6.49. The highest BCUT2D eigenvalue weighted by Gasteiger charge is 2.19. The maximum absolute atomic E-state index is 5.37. The van der Waals surface area contributed by atoms with Gasteiger partial charge < -0.3 is 15.4 Å². The van der Waals surface area contributed by atoms with E-state index in [-0.39, 0.29) is 24.0 Å². The van der Waals surface area contributed by atoms with Gasteiger partial charge in [0.2, 0.25) is 0 Å². The second kappa shape index (κ2) is 14.2. The maximum Gasteiger partial charge on any atom is 0.191 e. The van der Waals surface area contributed by atoms with Gasteiger partial charge in [-0.25, -0.2) is 0 Å². The number of hydrogen-bond donors (Lipinski definition) is 2. The number of ether oxygens (including phenoxy) is 1. The third kappa shape index (κ3) is 9.19. The van der Waals surface area contributed by atoms with E-state index in [0.717, 1.165) is 71.2 Å². The normalized spacial score (nSPS) is 16.2. The molecule has 0 amide bonds. The van der Waals surface area contributed by atoms with Crippen LogP contribution in [0.4, 0.5) is 0 Å². The Bertz CT molecular complexity index is 490. The van der Waals surface area contributed by atoms with Crippen LogP contribution in [-0.4, -0.2) is 56.3 Å². The largest absolute Gasteiger partial charge is 0.382 e. The van der Waals surface area contributed by atoms with Crippen LogP contribution >= 0.6 is 24.0 Å².